The average Bonchev–Trinajstić information content (AvgIpc) is 2.86. The van der Waals surface area contributed by atoms with Crippen LogP contribution in [0.15, 0.2) is 40.9 Å². The van der Waals surface area contributed by atoms with E-state index < -0.39 is 0 Å². The van der Waals surface area contributed by atoms with Crippen LogP contribution in [-0.2, 0) is 6.42 Å². The Labute approximate surface area is 130 Å². The summed E-state index contributed by atoms with van der Waals surface area (Å²) in [7, 11) is 0. The number of carbonyl (C=O) groups is 1. The fourth-order valence-electron chi connectivity index (χ4n) is 2.50. The zero-order valence-corrected chi connectivity index (χ0v) is 12.9. The highest BCUT2D eigenvalue weighted by molar-refractivity contribution is 9.10. The number of hydrogen-bond donors (Lipinski definition) is 1. The van der Waals surface area contributed by atoms with E-state index in [2.05, 4.69) is 15.9 Å². The molecular weight excluding hydrogens is 340 g/mol. The molecule has 1 heterocycles. The van der Waals surface area contributed by atoms with Gasteiger partial charge in [0.2, 0.25) is 0 Å². The van der Waals surface area contributed by atoms with E-state index in [0.29, 0.717) is 27.3 Å². The fraction of sp³-hybridized carbons (Fsp3) is 0.133. The van der Waals surface area contributed by atoms with Crippen molar-refractivity contribution >= 4 is 44.8 Å². The largest absolute Gasteiger partial charge is 0.397 e. The van der Waals surface area contributed by atoms with Crippen molar-refractivity contribution in [3.8, 4) is 0 Å². The molecule has 5 heteroatoms. The molecule has 3 nitrogen and oxygen atoms in total. The average molecular weight is 352 g/mol. The minimum absolute atomic E-state index is 0.118. The van der Waals surface area contributed by atoms with Crippen molar-refractivity contribution in [3.05, 3.63) is 57.0 Å². The van der Waals surface area contributed by atoms with E-state index in [0.717, 1.165) is 17.7 Å². The first-order chi connectivity index (χ1) is 9.59. The Morgan fingerprint density at radius 2 is 2.00 bits per heavy atom. The first kappa shape index (κ1) is 13.5. The molecule has 0 radical (unpaired) electrons. The highest BCUT2D eigenvalue weighted by atomic mass is 79.9. The molecule has 0 saturated heterocycles. The number of nitrogen functional groups attached to an aromatic ring is 1. The highest BCUT2D eigenvalue weighted by Gasteiger charge is 2.28. The van der Waals surface area contributed by atoms with E-state index in [4.69, 9.17) is 17.3 Å². The molecule has 0 atom stereocenters. The summed E-state index contributed by atoms with van der Waals surface area (Å²) < 4.78 is 0.713. The van der Waals surface area contributed by atoms with Crippen LogP contribution in [0.5, 0.6) is 0 Å². The normalized spacial score (nSPS) is 13.4. The number of nitrogens with zero attached hydrogens (tertiary/aromatic N) is 1. The summed E-state index contributed by atoms with van der Waals surface area (Å²) in [5.41, 5.74) is 9.03. The van der Waals surface area contributed by atoms with Crippen LogP contribution in [0.3, 0.4) is 0 Å². The van der Waals surface area contributed by atoms with Gasteiger partial charge in [0.1, 0.15) is 0 Å². The second-order valence-electron chi connectivity index (χ2n) is 4.66. The molecule has 2 N–H and O–H groups in total. The monoisotopic (exact) mass is 350 g/mol. The van der Waals surface area contributed by atoms with E-state index in [-0.39, 0.29) is 5.91 Å². The Morgan fingerprint density at radius 3 is 2.80 bits per heavy atom. The molecule has 0 saturated carbocycles. The molecule has 2 aromatic rings. The highest BCUT2D eigenvalue weighted by Crippen LogP contribution is 2.36. The Kier molecular flexibility index (Phi) is 3.44. The summed E-state index contributed by atoms with van der Waals surface area (Å²) in [5.74, 6) is -0.118. The van der Waals surface area contributed by atoms with Crippen molar-refractivity contribution in [2.24, 2.45) is 0 Å². The Bertz CT molecular complexity index is 702. The van der Waals surface area contributed by atoms with Gasteiger partial charge in [0, 0.05) is 11.0 Å². The summed E-state index contributed by atoms with van der Waals surface area (Å²) in [5, 5.41) is 0.431. The van der Waals surface area contributed by atoms with Crippen LogP contribution in [-0.4, -0.2) is 12.5 Å². The van der Waals surface area contributed by atoms with Gasteiger partial charge in [-0.1, -0.05) is 29.8 Å². The maximum Gasteiger partial charge on any atom is 0.259 e. The molecule has 0 unspecified atom stereocenters. The second-order valence-corrected chi connectivity index (χ2v) is 5.90. The van der Waals surface area contributed by atoms with Crippen molar-refractivity contribution in [2.75, 3.05) is 17.2 Å². The summed E-state index contributed by atoms with van der Waals surface area (Å²) in [6.45, 7) is 0.630. The Hall–Kier alpha value is -1.52. The molecule has 0 aromatic heterocycles. The van der Waals surface area contributed by atoms with Crippen LogP contribution in [0.25, 0.3) is 0 Å². The van der Waals surface area contributed by atoms with Gasteiger partial charge in [-0.15, -0.1) is 0 Å². The van der Waals surface area contributed by atoms with Crippen molar-refractivity contribution < 1.29 is 4.79 Å². The van der Waals surface area contributed by atoms with Gasteiger partial charge in [-0.25, -0.2) is 0 Å². The van der Waals surface area contributed by atoms with Gasteiger partial charge in [-0.3, -0.25) is 4.79 Å². The minimum Gasteiger partial charge on any atom is -0.397 e. The summed E-state index contributed by atoms with van der Waals surface area (Å²) >= 11 is 9.55. The summed E-state index contributed by atoms with van der Waals surface area (Å²) in [6, 6.07) is 11.1. The number of anilines is 2. The van der Waals surface area contributed by atoms with E-state index in [9.17, 15) is 4.79 Å². The second kappa shape index (κ2) is 5.11. The summed E-state index contributed by atoms with van der Waals surface area (Å²) in [6.07, 6.45) is 0.817. The molecule has 1 aliphatic rings. The molecular formula is C15H12BrClN2O. The topological polar surface area (TPSA) is 46.3 Å². The number of rotatable bonds is 1. The SMILES string of the molecule is Nc1cccc2c1N(C(=O)c1cccc(Br)c1Cl)CC2. The van der Waals surface area contributed by atoms with Gasteiger partial charge in [0.05, 0.1) is 22.0 Å². The third kappa shape index (κ3) is 2.09. The number of nitrogens with two attached hydrogens (primary N) is 1. The maximum absolute atomic E-state index is 12.7. The van der Waals surface area contributed by atoms with Crippen LogP contribution in [0.4, 0.5) is 11.4 Å². The zero-order chi connectivity index (χ0) is 14.3. The lowest BCUT2D eigenvalue weighted by atomic mass is 10.1. The smallest absolute Gasteiger partial charge is 0.259 e. The van der Waals surface area contributed by atoms with Crippen LogP contribution >= 0.6 is 27.5 Å². The van der Waals surface area contributed by atoms with Crippen LogP contribution < -0.4 is 10.6 Å². The number of para-hydroxylation sites is 1. The molecule has 20 heavy (non-hydrogen) atoms. The molecule has 1 aliphatic heterocycles. The van der Waals surface area contributed by atoms with E-state index >= 15 is 0 Å². The molecule has 0 spiro atoms. The zero-order valence-electron chi connectivity index (χ0n) is 10.6. The standard InChI is InChI=1S/C15H12BrClN2O/c16-11-5-2-4-10(13(11)17)15(20)19-8-7-9-3-1-6-12(18)14(9)19/h1-6H,7-8,18H2. The predicted molar refractivity (Wildman–Crippen MR) is 85.4 cm³/mol. The molecule has 102 valence electrons. The first-order valence-corrected chi connectivity index (χ1v) is 7.40. The minimum atomic E-state index is -0.118. The lowest BCUT2D eigenvalue weighted by Crippen LogP contribution is -2.29. The third-order valence-corrected chi connectivity index (χ3v) is 4.75. The Morgan fingerprint density at radius 1 is 1.25 bits per heavy atom. The van der Waals surface area contributed by atoms with Crippen LogP contribution in [0.2, 0.25) is 5.02 Å². The maximum atomic E-state index is 12.7. The first-order valence-electron chi connectivity index (χ1n) is 6.23. The van der Waals surface area contributed by atoms with Crippen molar-refractivity contribution in [2.45, 2.75) is 6.42 Å². The van der Waals surface area contributed by atoms with Crippen LogP contribution in [0, 0.1) is 0 Å². The van der Waals surface area contributed by atoms with E-state index in [1.807, 2.05) is 24.3 Å². The number of carbonyl (C=O) groups excluding carboxylic acids is 1. The molecule has 0 bridgehead atoms. The van der Waals surface area contributed by atoms with Gasteiger partial charge in [-0.2, -0.15) is 0 Å². The molecule has 0 aliphatic carbocycles. The lowest BCUT2D eigenvalue weighted by molar-refractivity contribution is 0.0989. The van der Waals surface area contributed by atoms with Crippen LogP contribution in [0.1, 0.15) is 15.9 Å². The van der Waals surface area contributed by atoms with Crippen molar-refractivity contribution in [3.63, 3.8) is 0 Å². The van der Waals surface area contributed by atoms with Crippen molar-refractivity contribution in [1.29, 1.82) is 0 Å². The lowest BCUT2D eigenvalue weighted by Gasteiger charge is -2.19. The fourth-order valence-corrected chi connectivity index (χ4v) is 3.08. The number of fused-ring (bicyclic) bond motifs is 1. The summed E-state index contributed by atoms with van der Waals surface area (Å²) in [4.78, 5) is 14.4. The van der Waals surface area contributed by atoms with Gasteiger partial charge in [0.25, 0.3) is 5.91 Å². The number of amides is 1. The predicted octanol–water partition coefficient (Wildman–Crippen LogP) is 3.89. The molecule has 2 aromatic carbocycles. The molecule has 1 amide bonds. The van der Waals surface area contributed by atoms with E-state index in [1.165, 1.54) is 0 Å². The number of halogens is 2. The van der Waals surface area contributed by atoms with Gasteiger partial charge in [-0.05, 0) is 46.1 Å². The van der Waals surface area contributed by atoms with Gasteiger partial charge in [0.15, 0.2) is 0 Å². The molecule has 0 fully saturated rings. The quantitative estimate of drug-likeness (QED) is 0.792. The van der Waals surface area contributed by atoms with E-state index in [1.54, 1.807) is 17.0 Å². The Balaban J connectivity index is 2.04. The van der Waals surface area contributed by atoms with Gasteiger partial charge < -0.3 is 10.6 Å². The molecule has 3 rings (SSSR count). The number of hydrogen-bond acceptors (Lipinski definition) is 2. The number of benzene rings is 2. The third-order valence-electron chi connectivity index (χ3n) is 3.45. The van der Waals surface area contributed by atoms with Gasteiger partial charge >= 0.3 is 0 Å². The van der Waals surface area contributed by atoms with Crippen molar-refractivity contribution in [1.82, 2.24) is 0 Å².